The van der Waals surface area contributed by atoms with Gasteiger partial charge < -0.3 is 4.74 Å². The summed E-state index contributed by atoms with van der Waals surface area (Å²) >= 11 is 5.10. The third kappa shape index (κ3) is 4.26. The van der Waals surface area contributed by atoms with Crippen LogP contribution in [0.4, 0.5) is 10.1 Å². The standard InChI is InChI=1S/C21H19FN2O3S/c1-3-13(2)27-17-9-7-14(8-10-17)11-18-19(25)23-21(28)24(20(18)26)16-6-4-5-15(22)12-16/h4-13H,3H2,1-2H3,(H,23,25,28)/b18-11+/t13-/m1/s1. The summed E-state index contributed by atoms with van der Waals surface area (Å²) in [6.45, 7) is 4.01. The van der Waals surface area contributed by atoms with E-state index in [-0.39, 0.29) is 22.5 Å². The van der Waals surface area contributed by atoms with Crippen LogP contribution in [-0.2, 0) is 9.59 Å². The van der Waals surface area contributed by atoms with Crippen molar-refractivity contribution >= 4 is 40.9 Å². The number of hydrogen-bond acceptors (Lipinski definition) is 4. The van der Waals surface area contributed by atoms with Gasteiger partial charge in [0.25, 0.3) is 11.8 Å². The first-order chi connectivity index (χ1) is 13.4. The van der Waals surface area contributed by atoms with Gasteiger partial charge in [-0.3, -0.25) is 19.8 Å². The number of anilines is 1. The van der Waals surface area contributed by atoms with Crippen molar-refractivity contribution < 1.29 is 18.7 Å². The molecule has 1 atom stereocenters. The summed E-state index contributed by atoms with van der Waals surface area (Å²) in [4.78, 5) is 26.3. The zero-order valence-electron chi connectivity index (χ0n) is 15.4. The molecule has 0 saturated carbocycles. The third-order valence-corrected chi connectivity index (χ3v) is 4.56. The minimum absolute atomic E-state index is 0.0879. The highest BCUT2D eigenvalue weighted by Crippen LogP contribution is 2.23. The maximum absolute atomic E-state index is 13.6. The van der Waals surface area contributed by atoms with E-state index in [0.29, 0.717) is 11.3 Å². The number of rotatable bonds is 5. The normalized spacial score (nSPS) is 16.9. The Hall–Kier alpha value is -3.06. The lowest BCUT2D eigenvalue weighted by atomic mass is 10.1. The molecule has 144 valence electrons. The average Bonchev–Trinajstić information content (AvgIpc) is 2.66. The summed E-state index contributed by atoms with van der Waals surface area (Å²) < 4.78 is 19.3. The van der Waals surface area contributed by atoms with Gasteiger partial charge in [0.2, 0.25) is 0 Å². The summed E-state index contributed by atoms with van der Waals surface area (Å²) in [6, 6.07) is 12.5. The van der Waals surface area contributed by atoms with Gasteiger partial charge in [0.15, 0.2) is 5.11 Å². The molecule has 0 aliphatic carbocycles. The second-order valence-electron chi connectivity index (χ2n) is 6.34. The van der Waals surface area contributed by atoms with Gasteiger partial charge in [0, 0.05) is 0 Å². The van der Waals surface area contributed by atoms with Crippen molar-refractivity contribution in [3.63, 3.8) is 0 Å². The van der Waals surface area contributed by atoms with E-state index >= 15 is 0 Å². The average molecular weight is 398 g/mol. The number of carbonyl (C=O) groups excluding carboxylic acids is 2. The van der Waals surface area contributed by atoms with Gasteiger partial charge in [-0.15, -0.1) is 0 Å². The van der Waals surface area contributed by atoms with Gasteiger partial charge in [-0.2, -0.15) is 0 Å². The van der Waals surface area contributed by atoms with E-state index in [0.717, 1.165) is 11.3 Å². The molecule has 28 heavy (non-hydrogen) atoms. The van der Waals surface area contributed by atoms with E-state index in [1.54, 1.807) is 30.3 Å². The Kier molecular flexibility index (Phi) is 5.84. The van der Waals surface area contributed by atoms with Crippen molar-refractivity contribution in [2.45, 2.75) is 26.4 Å². The zero-order chi connectivity index (χ0) is 20.3. The van der Waals surface area contributed by atoms with E-state index in [4.69, 9.17) is 17.0 Å². The molecule has 7 heteroatoms. The zero-order valence-corrected chi connectivity index (χ0v) is 16.3. The number of nitrogens with zero attached hydrogens (tertiary/aromatic N) is 1. The van der Waals surface area contributed by atoms with Crippen LogP contribution in [0.3, 0.4) is 0 Å². The Morgan fingerprint density at radius 1 is 1.21 bits per heavy atom. The van der Waals surface area contributed by atoms with Crippen LogP contribution in [0.15, 0.2) is 54.1 Å². The van der Waals surface area contributed by atoms with Gasteiger partial charge in [0.05, 0.1) is 11.8 Å². The molecule has 1 fully saturated rings. The Morgan fingerprint density at radius 3 is 2.57 bits per heavy atom. The summed E-state index contributed by atoms with van der Waals surface area (Å²) in [5.74, 6) is -1.01. The number of carbonyl (C=O) groups is 2. The Labute approximate surface area is 167 Å². The van der Waals surface area contributed by atoms with Gasteiger partial charge in [0.1, 0.15) is 17.1 Å². The molecular weight excluding hydrogens is 379 g/mol. The smallest absolute Gasteiger partial charge is 0.270 e. The molecule has 1 N–H and O–H groups in total. The molecule has 0 unspecified atom stereocenters. The van der Waals surface area contributed by atoms with Crippen molar-refractivity contribution in [1.29, 1.82) is 0 Å². The fourth-order valence-corrected chi connectivity index (χ4v) is 2.91. The number of halogens is 1. The summed E-state index contributed by atoms with van der Waals surface area (Å²) in [5, 5.41) is 2.39. The molecule has 2 amide bonds. The number of ether oxygens (including phenoxy) is 1. The molecule has 1 saturated heterocycles. The number of hydrogen-bond donors (Lipinski definition) is 1. The first-order valence-corrected chi connectivity index (χ1v) is 9.23. The Bertz CT molecular complexity index is 956. The van der Waals surface area contributed by atoms with Crippen LogP contribution in [0.5, 0.6) is 5.75 Å². The summed E-state index contributed by atoms with van der Waals surface area (Å²) in [7, 11) is 0. The molecule has 2 aromatic carbocycles. The quantitative estimate of drug-likeness (QED) is 0.472. The van der Waals surface area contributed by atoms with Crippen LogP contribution < -0.4 is 15.0 Å². The van der Waals surface area contributed by atoms with E-state index in [1.807, 2.05) is 13.8 Å². The fourth-order valence-electron chi connectivity index (χ4n) is 2.63. The van der Waals surface area contributed by atoms with Crippen molar-refractivity contribution in [1.82, 2.24) is 5.32 Å². The van der Waals surface area contributed by atoms with Gasteiger partial charge in [-0.25, -0.2) is 4.39 Å². The highest BCUT2D eigenvalue weighted by Gasteiger charge is 2.34. The van der Waals surface area contributed by atoms with Crippen LogP contribution in [0.25, 0.3) is 6.08 Å². The van der Waals surface area contributed by atoms with Crippen molar-refractivity contribution in [3.8, 4) is 5.75 Å². The molecule has 0 spiro atoms. The predicted molar refractivity (Wildman–Crippen MR) is 109 cm³/mol. The van der Waals surface area contributed by atoms with Crippen LogP contribution >= 0.6 is 12.2 Å². The molecule has 5 nitrogen and oxygen atoms in total. The molecule has 0 aromatic heterocycles. The molecule has 2 aromatic rings. The lowest BCUT2D eigenvalue weighted by Crippen LogP contribution is -2.54. The lowest BCUT2D eigenvalue weighted by molar-refractivity contribution is -0.122. The lowest BCUT2D eigenvalue weighted by Gasteiger charge is -2.28. The first kappa shape index (κ1) is 19.7. The monoisotopic (exact) mass is 398 g/mol. The molecule has 3 rings (SSSR count). The van der Waals surface area contributed by atoms with Crippen LogP contribution in [0, 0.1) is 5.82 Å². The SMILES string of the molecule is CC[C@@H](C)Oc1ccc(/C=C2\C(=O)NC(=S)N(c3cccc(F)c3)C2=O)cc1. The van der Waals surface area contributed by atoms with E-state index in [2.05, 4.69) is 5.32 Å². The molecule has 0 bridgehead atoms. The second kappa shape index (κ2) is 8.31. The van der Waals surface area contributed by atoms with Crippen molar-refractivity contribution in [2.75, 3.05) is 4.90 Å². The number of benzene rings is 2. The van der Waals surface area contributed by atoms with Crippen LogP contribution in [0.2, 0.25) is 0 Å². The summed E-state index contributed by atoms with van der Waals surface area (Å²) in [5.41, 5.74) is 0.814. The van der Waals surface area contributed by atoms with Gasteiger partial charge in [-0.1, -0.05) is 25.1 Å². The van der Waals surface area contributed by atoms with Crippen molar-refractivity contribution in [3.05, 3.63) is 65.5 Å². The van der Waals surface area contributed by atoms with E-state index in [9.17, 15) is 14.0 Å². The summed E-state index contributed by atoms with van der Waals surface area (Å²) in [6.07, 6.45) is 2.45. The topological polar surface area (TPSA) is 58.6 Å². The van der Waals surface area contributed by atoms with Crippen molar-refractivity contribution in [2.24, 2.45) is 0 Å². The highest BCUT2D eigenvalue weighted by atomic mass is 32.1. The largest absolute Gasteiger partial charge is 0.491 e. The predicted octanol–water partition coefficient (Wildman–Crippen LogP) is 3.83. The Morgan fingerprint density at radius 2 is 1.93 bits per heavy atom. The number of thiocarbonyl (C=S) groups is 1. The highest BCUT2D eigenvalue weighted by molar-refractivity contribution is 7.80. The molecule has 1 heterocycles. The molecular formula is C21H19FN2O3S. The molecule has 0 radical (unpaired) electrons. The van der Waals surface area contributed by atoms with Gasteiger partial charge in [-0.05, 0) is 67.5 Å². The van der Waals surface area contributed by atoms with Crippen LogP contribution in [-0.4, -0.2) is 23.0 Å². The van der Waals surface area contributed by atoms with Gasteiger partial charge >= 0.3 is 0 Å². The first-order valence-electron chi connectivity index (χ1n) is 8.82. The molecule has 1 aliphatic rings. The maximum Gasteiger partial charge on any atom is 0.270 e. The van der Waals surface area contributed by atoms with Crippen LogP contribution in [0.1, 0.15) is 25.8 Å². The fraction of sp³-hybridized carbons (Fsp3) is 0.190. The van der Waals surface area contributed by atoms with E-state index in [1.165, 1.54) is 24.3 Å². The minimum Gasteiger partial charge on any atom is -0.491 e. The number of amides is 2. The second-order valence-corrected chi connectivity index (χ2v) is 6.73. The Balaban J connectivity index is 1.88. The maximum atomic E-state index is 13.6. The third-order valence-electron chi connectivity index (χ3n) is 4.27. The van der Waals surface area contributed by atoms with E-state index < -0.39 is 17.6 Å². The minimum atomic E-state index is -0.612. The molecule has 1 aliphatic heterocycles. The number of nitrogens with one attached hydrogen (secondary N) is 1.